The van der Waals surface area contributed by atoms with Gasteiger partial charge in [0.1, 0.15) is 5.75 Å². The number of carbonyl (C=O) groups is 1. The molecule has 156 valence electrons. The first kappa shape index (κ1) is 21.4. The maximum atomic E-state index is 12.4. The van der Waals surface area contributed by atoms with Crippen LogP contribution in [-0.2, 0) is 18.4 Å². The van der Waals surface area contributed by atoms with E-state index in [0.29, 0.717) is 11.3 Å². The largest absolute Gasteiger partial charge is 0.507 e. The summed E-state index contributed by atoms with van der Waals surface area (Å²) in [6.07, 6.45) is 2.82. The number of aryl methyl sites for hydroxylation is 1. The lowest BCUT2D eigenvalue weighted by molar-refractivity contribution is 0.0909. The van der Waals surface area contributed by atoms with Crippen molar-refractivity contribution in [3.8, 4) is 5.75 Å². The van der Waals surface area contributed by atoms with E-state index in [1.807, 2.05) is 30.3 Å². The van der Waals surface area contributed by atoms with Gasteiger partial charge in [0.05, 0.1) is 0 Å². The highest BCUT2D eigenvalue weighted by molar-refractivity contribution is 5.94. The van der Waals surface area contributed by atoms with Crippen molar-refractivity contribution >= 4 is 5.91 Å². The summed E-state index contributed by atoms with van der Waals surface area (Å²) in [4.78, 5) is 14.8. The molecule has 2 N–H and O–H groups in total. The van der Waals surface area contributed by atoms with Gasteiger partial charge in [0.25, 0.3) is 5.91 Å². The second-order valence-corrected chi connectivity index (χ2v) is 9.14. The molecule has 0 spiro atoms. The summed E-state index contributed by atoms with van der Waals surface area (Å²) in [5.41, 5.74) is 3.94. The summed E-state index contributed by atoms with van der Waals surface area (Å²) in [5, 5.41) is 14.1. The van der Waals surface area contributed by atoms with Crippen molar-refractivity contribution < 1.29 is 9.90 Å². The molecule has 2 aromatic carbocycles. The third-order valence-corrected chi connectivity index (χ3v) is 5.82. The normalized spacial score (nSPS) is 16.0. The number of phenols is 1. The number of likely N-dealkylation sites (tertiary alicyclic amines) is 1. The van der Waals surface area contributed by atoms with Crippen molar-refractivity contribution in [1.82, 2.24) is 10.2 Å². The SMILES string of the molecule is CCc1cc(CN2CCC(NC(=O)c3ccccc3)CC2)c(O)c(C(C)(C)C)c1. The van der Waals surface area contributed by atoms with E-state index >= 15 is 0 Å². The topological polar surface area (TPSA) is 52.6 Å². The minimum absolute atomic E-state index is 0.00663. The van der Waals surface area contributed by atoms with Crippen LogP contribution in [-0.4, -0.2) is 35.0 Å². The predicted octanol–water partition coefficient (Wildman–Crippen LogP) is 4.65. The zero-order chi connectivity index (χ0) is 21.0. The fourth-order valence-electron chi connectivity index (χ4n) is 3.99. The Balaban J connectivity index is 1.62. The van der Waals surface area contributed by atoms with Crippen molar-refractivity contribution in [3.63, 3.8) is 0 Å². The monoisotopic (exact) mass is 394 g/mol. The molecule has 2 aromatic rings. The summed E-state index contributed by atoms with van der Waals surface area (Å²) >= 11 is 0. The van der Waals surface area contributed by atoms with Gasteiger partial charge < -0.3 is 10.4 Å². The Labute approximate surface area is 174 Å². The van der Waals surface area contributed by atoms with Crippen LogP contribution in [0.25, 0.3) is 0 Å². The molecule has 3 rings (SSSR count). The van der Waals surface area contributed by atoms with Gasteiger partial charge in [-0.1, -0.05) is 58.0 Å². The summed E-state index contributed by atoms with van der Waals surface area (Å²) in [6, 6.07) is 13.9. The van der Waals surface area contributed by atoms with Crippen LogP contribution in [0.3, 0.4) is 0 Å². The minimum Gasteiger partial charge on any atom is -0.507 e. The number of phenolic OH excluding ortho intramolecular Hbond substituents is 1. The Morgan fingerprint density at radius 3 is 2.38 bits per heavy atom. The van der Waals surface area contributed by atoms with Gasteiger partial charge in [0, 0.05) is 36.8 Å². The van der Waals surface area contributed by atoms with E-state index in [9.17, 15) is 9.90 Å². The van der Waals surface area contributed by atoms with Crippen molar-refractivity contribution in [2.75, 3.05) is 13.1 Å². The van der Waals surface area contributed by atoms with E-state index in [-0.39, 0.29) is 17.4 Å². The molecule has 0 unspecified atom stereocenters. The molecule has 4 nitrogen and oxygen atoms in total. The van der Waals surface area contributed by atoms with Crippen LogP contribution in [0, 0.1) is 0 Å². The molecule has 1 heterocycles. The molecule has 4 heteroatoms. The van der Waals surface area contributed by atoms with Gasteiger partial charge in [-0.25, -0.2) is 0 Å². The molecule has 0 aliphatic carbocycles. The molecule has 1 saturated heterocycles. The van der Waals surface area contributed by atoms with Crippen LogP contribution in [0.4, 0.5) is 0 Å². The Hall–Kier alpha value is -2.33. The lowest BCUT2D eigenvalue weighted by Gasteiger charge is -2.33. The van der Waals surface area contributed by atoms with Crippen molar-refractivity contribution in [2.24, 2.45) is 0 Å². The smallest absolute Gasteiger partial charge is 0.251 e. The highest BCUT2D eigenvalue weighted by Gasteiger charge is 2.25. The third-order valence-electron chi connectivity index (χ3n) is 5.82. The highest BCUT2D eigenvalue weighted by atomic mass is 16.3. The number of amides is 1. The molecule has 0 bridgehead atoms. The predicted molar refractivity (Wildman–Crippen MR) is 118 cm³/mol. The van der Waals surface area contributed by atoms with Crippen LogP contribution in [0.15, 0.2) is 42.5 Å². The maximum Gasteiger partial charge on any atom is 0.251 e. The Morgan fingerprint density at radius 2 is 1.79 bits per heavy atom. The average Bonchev–Trinajstić information content (AvgIpc) is 2.70. The Bertz CT molecular complexity index is 832. The molecule has 0 saturated carbocycles. The second kappa shape index (κ2) is 9.00. The van der Waals surface area contributed by atoms with E-state index in [1.54, 1.807) is 0 Å². The van der Waals surface area contributed by atoms with Gasteiger partial charge in [-0.15, -0.1) is 0 Å². The zero-order valence-electron chi connectivity index (χ0n) is 18.2. The first-order valence-electron chi connectivity index (χ1n) is 10.7. The molecule has 0 atom stereocenters. The maximum absolute atomic E-state index is 12.4. The number of nitrogens with zero attached hydrogens (tertiary/aromatic N) is 1. The van der Waals surface area contributed by atoms with Gasteiger partial charge in [-0.05, 0) is 47.9 Å². The number of hydrogen-bond donors (Lipinski definition) is 2. The summed E-state index contributed by atoms with van der Waals surface area (Å²) in [5.74, 6) is 0.446. The summed E-state index contributed by atoms with van der Waals surface area (Å²) < 4.78 is 0. The third kappa shape index (κ3) is 5.39. The molecule has 1 aliphatic rings. The average molecular weight is 395 g/mol. The molecular formula is C25H34N2O2. The van der Waals surface area contributed by atoms with Gasteiger partial charge in [-0.3, -0.25) is 9.69 Å². The standard InChI is InChI=1S/C25H34N2O2/c1-5-18-15-20(23(28)22(16-18)25(2,3)4)17-27-13-11-21(12-14-27)26-24(29)19-9-7-6-8-10-19/h6-10,15-16,21,28H,5,11-14,17H2,1-4H3,(H,26,29). The van der Waals surface area contributed by atoms with Gasteiger partial charge in [0.2, 0.25) is 0 Å². The molecule has 0 aromatic heterocycles. The lowest BCUT2D eigenvalue weighted by atomic mass is 9.83. The first-order chi connectivity index (χ1) is 13.8. The molecule has 1 aliphatic heterocycles. The van der Waals surface area contributed by atoms with Crippen LogP contribution in [0.5, 0.6) is 5.75 Å². The number of aromatic hydroxyl groups is 1. The van der Waals surface area contributed by atoms with Crippen LogP contribution in [0.2, 0.25) is 0 Å². The van der Waals surface area contributed by atoms with Crippen LogP contribution < -0.4 is 5.32 Å². The minimum atomic E-state index is -0.0846. The number of piperidine rings is 1. The molecule has 29 heavy (non-hydrogen) atoms. The molecule has 1 fully saturated rings. The van der Waals surface area contributed by atoms with E-state index in [1.165, 1.54) is 5.56 Å². The van der Waals surface area contributed by atoms with Crippen molar-refractivity contribution in [3.05, 3.63) is 64.7 Å². The zero-order valence-corrected chi connectivity index (χ0v) is 18.2. The molecule has 0 radical (unpaired) electrons. The Morgan fingerprint density at radius 1 is 1.14 bits per heavy atom. The van der Waals surface area contributed by atoms with Crippen LogP contribution >= 0.6 is 0 Å². The lowest BCUT2D eigenvalue weighted by Crippen LogP contribution is -2.44. The number of hydrogen-bond acceptors (Lipinski definition) is 3. The van der Waals surface area contributed by atoms with E-state index in [4.69, 9.17) is 0 Å². The van der Waals surface area contributed by atoms with E-state index in [0.717, 1.165) is 50.0 Å². The van der Waals surface area contributed by atoms with Gasteiger partial charge in [-0.2, -0.15) is 0 Å². The van der Waals surface area contributed by atoms with E-state index < -0.39 is 0 Å². The Kier molecular flexibility index (Phi) is 6.63. The number of carbonyl (C=O) groups excluding carboxylic acids is 1. The number of nitrogens with one attached hydrogen (secondary N) is 1. The van der Waals surface area contributed by atoms with Crippen molar-refractivity contribution in [1.29, 1.82) is 0 Å². The summed E-state index contributed by atoms with van der Waals surface area (Å²) in [7, 11) is 0. The fraction of sp³-hybridized carbons (Fsp3) is 0.480. The number of benzene rings is 2. The fourth-order valence-corrected chi connectivity index (χ4v) is 3.99. The van der Waals surface area contributed by atoms with Gasteiger partial charge >= 0.3 is 0 Å². The highest BCUT2D eigenvalue weighted by Crippen LogP contribution is 2.35. The molecule has 1 amide bonds. The molecular weight excluding hydrogens is 360 g/mol. The first-order valence-corrected chi connectivity index (χ1v) is 10.7. The van der Waals surface area contributed by atoms with E-state index in [2.05, 4.69) is 50.0 Å². The quantitative estimate of drug-likeness (QED) is 0.776. The summed E-state index contributed by atoms with van der Waals surface area (Å²) in [6.45, 7) is 11.2. The second-order valence-electron chi connectivity index (χ2n) is 9.14. The van der Waals surface area contributed by atoms with Gasteiger partial charge in [0.15, 0.2) is 0 Å². The van der Waals surface area contributed by atoms with Crippen LogP contribution in [0.1, 0.15) is 67.6 Å². The van der Waals surface area contributed by atoms with Crippen molar-refractivity contribution in [2.45, 2.75) is 65.0 Å². The number of rotatable bonds is 5.